The third-order valence-corrected chi connectivity index (χ3v) is 3.95. The van der Waals surface area contributed by atoms with Crippen LogP contribution in [0.15, 0.2) is 24.3 Å². The van der Waals surface area contributed by atoms with Crippen LogP contribution in [0, 0.1) is 0 Å². The maximum Gasteiger partial charge on any atom is 0.227 e. The molecule has 0 radical (unpaired) electrons. The van der Waals surface area contributed by atoms with E-state index in [2.05, 4.69) is 27.7 Å². The van der Waals surface area contributed by atoms with Crippen LogP contribution in [0.5, 0.6) is 5.75 Å². The standard InChI is InChI=1S/C17H27NO2/c1-6-13(3)18(14(4)7-2)17(19)12-15-10-8-9-11-16(15)20-5/h8-11,13-14H,6-7,12H2,1-5H3/t13-,14-/m1/s1. The molecule has 0 N–H and O–H groups in total. The van der Waals surface area contributed by atoms with Gasteiger partial charge >= 0.3 is 0 Å². The molecule has 112 valence electrons. The van der Waals surface area contributed by atoms with Gasteiger partial charge in [-0.25, -0.2) is 0 Å². The third kappa shape index (κ3) is 3.99. The fourth-order valence-electron chi connectivity index (χ4n) is 2.42. The molecule has 2 atom stereocenters. The van der Waals surface area contributed by atoms with Crippen molar-refractivity contribution in [3.63, 3.8) is 0 Å². The first kappa shape index (κ1) is 16.5. The lowest BCUT2D eigenvalue weighted by Crippen LogP contribution is -2.45. The van der Waals surface area contributed by atoms with Gasteiger partial charge in [-0.3, -0.25) is 4.79 Å². The molecule has 0 spiro atoms. The van der Waals surface area contributed by atoms with Gasteiger partial charge in [0.2, 0.25) is 5.91 Å². The number of carbonyl (C=O) groups excluding carboxylic acids is 1. The van der Waals surface area contributed by atoms with Crippen molar-refractivity contribution in [3.05, 3.63) is 29.8 Å². The van der Waals surface area contributed by atoms with Crippen LogP contribution in [0.25, 0.3) is 0 Å². The largest absolute Gasteiger partial charge is 0.496 e. The maximum absolute atomic E-state index is 12.7. The van der Waals surface area contributed by atoms with E-state index in [1.165, 1.54) is 0 Å². The second kappa shape index (κ2) is 7.93. The highest BCUT2D eigenvalue weighted by molar-refractivity contribution is 5.80. The molecule has 0 aromatic heterocycles. The lowest BCUT2D eigenvalue weighted by molar-refractivity contribution is -0.135. The summed E-state index contributed by atoms with van der Waals surface area (Å²) in [4.78, 5) is 14.7. The van der Waals surface area contributed by atoms with E-state index in [0.717, 1.165) is 24.2 Å². The van der Waals surface area contributed by atoms with E-state index in [1.54, 1.807) is 7.11 Å². The first-order valence-electron chi connectivity index (χ1n) is 7.48. The van der Waals surface area contributed by atoms with Crippen molar-refractivity contribution < 1.29 is 9.53 Å². The highest BCUT2D eigenvalue weighted by atomic mass is 16.5. The monoisotopic (exact) mass is 277 g/mol. The van der Waals surface area contributed by atoms with Gasteiger partial charge < -0.3 is 9.64 Å². The average Bonchev–Trinajstić information content (AvgIpc) is 2.47. The Morgan fingerprint density at radius 3 is 2.20 bits per heavy atom. The minimum absolute atomic E-state index is 0.179. The normalized spacial score (nSPS) is 13.7. The van der Waals surface area contributed by atoms with E-state index in [-0.39, 0.29) is 18.0 Å². The van der Waals surface area contributed by atoms with Gasteiger partial charge in [-0.2, -0.15) is 0 Å². The SMILES string of the molecule is CC[C@@H](C)N(C(=O)Cc1ccccc1OC)[C@H](C)CC. The van der Waals surface area contributed by atoms with Crippen molar-refractivity contribution in [3.8, 4) is 5.75 Å². The fourth-order valence-corrected chi connectivity index (χ4v) is 2.42. The molecule has 0 unspecified atom stereocenters. The Kier molecular flexibility index (Phi) is 6.56. The summed E-state index contributed by atoms with van der Waals surface area (Å²) in [5.74, 6) is 0.965. The minimum Gasteiger partial charge on any atom is -0.496 e. The molecular weight excluding hydrogens is 250 g/mol. The van der Waals surface area contributed by atoms with Crippen LogP contribution in [0.1, 0.15) is 46.1 Å². The summed E-state index contributed by atoms with van der Waals surface area (Å²) in [7, 11) is 1.64. The van der Waals surface area contributed by atoms with Gasteiger partial charge in [-0.1, -0.05) is 32.0 Å². The molecule has 0 saturated heterocycles. The summed E-state index contributed by atoms with van der Waals surface area (Å²) < 4.78 is 5.33. The number of para-hydroxylation sites is 1. The van der Waals surface area contributed by atoms with E-state index in [4.69, 9.17) is 4.74 Å². The summed E-state index contributed by atoms with van der Waals surface area (Å²) in [6.07, 6.45) is 2.35. The van der Waals surface area contributed by atoms with Crippen LogP contribution in [0.2, 0.25) is 0 Å². The Labute approximate surface area is 122 Å². The van der Waals surface area contributed by atoms with Gasteiger partial charge in [-0.05, 0) is 32.8 Å². The first-order chi connectivity index (χ1) is 9.54. The van der Waals surface area contributed by atoms with E-state index in [9.17, 15) is 4.79 Å². The summed E-state index contributed by atoms with van der Waals surface area (Å²) in [5.41, 5.74) is 0.955. The van der Waals surface area contributed by atoms with Gasteiger partial charge in [-0.15, -0.1) is 0 Å². The molecule has 3 heteroatoms. The van der Waals surface area contributed by atoms with Gasteiger partial charge in [0, 0.05) is 17.6 Å². The van der Waals surface area contributed by atoms with Crippen molar-refractivity contribution in [2.75, 3.05) is 7.11 Å². The number of hydrogen-bond acceptors (Lipinski definition) is 2. The molecule has 0 aliphatic carbocycles. The molecule has 1 aromatic rings. The zero-order valence-electron chi connectivity index (χ0n) is 13.3. The molecule has 3 nitrogen and oxygen atoms in total. The Balaban J connectivity index is 2.90. The summed E-state index contributed by atoms with van der Waals surface area (Å²) in [6.45, 7) is 8.48. The molecule has 1 amide bonds. The number of carbonyl (C=O) groups is 1. The number of benzene rings is 1. The molecule has 20 heavy (non-hydrogen) atoms. The number of rotatable bonds is 7. The molecule has 0 fully saturated rings. The maximum atomic E-state index is 12.7. The highest BCUT2D eigenvalue weighted by Crippen LogP contribution is 2.20. The molecule has 1 aromatic carbocycles. The zero-order valence-corrected chi connectivity index (χ0v) is 13.3. The summed E-state index contributed by atoms with van der Waals surface area (Å²) >= 11 is 0. The van der Waals surface area contributed by atoms with Crippen molar-refractivity contribution in [2.45, 2.75) is 59.0 Å². The second-order valence-corrected chi connectivity index (χ2v) is 5.30. The van der Waals surface area contributed by atoms with Gasteiger partial charge in [0.1, 0.15) is 5.75 Å². The predicted octanol–water partition coefficient (Wildman–Crippen LogP) is 3.66. The van der Waals surface area contributed by atoms with Crippen LogP contribution in [-0.4, -0.2) is 30.0 Å². The molecule has 0 bridgehead atoms. The lowest BCUT2D eigenvalue weighted by Gasteiger charge is -2.34. The van der Waals surface area contributed by atoms with E-state index in [1.807, 2.05) is 29.2 Å². The van der Waals surface area contributed by atoms with E-state index >= 15 is 0 Å². The van der Waals surface area contributed by atoms with Gasteiger partial charge in [0.25, 0.3) is 0 Å². The molecule has 1 rings (SSSR count). The summed E-state index contributed by atoms with van der Waals surface area (Å²) in [5, 5.41) is 0. The first-order valence-corrected chi connectivity index (χ1v) is 7.48. The number of ether oxygens (including phenoxy) is 1. The van der Waals surface area contributed by atoms with Crippen molar-refractivity contribution in [1.29, 1.82) is 0 Å². The van der Waals surface area contributed by atoms with Crippen LogP contribution < -0.4 is 4.74 Å². The van der Waals surface area contributed by atoms with Crippen LogP contribution in [0.4, 0.5) is 0 Å². The van der Waals surface area contributed by atoms with Crippen molar-refractivity contribution in [1.82, 2.24) is 4.90 Å². The smallest absolute Gasteiger partial charge is 0.227 e. The molecule has 0 saturated carbocycles. The van der Waals surface area contributed by atoms with Crippen LogP contribution in [0.3, 0.4) is 0 Å². The number of methoxy groups -OCH3 is 1. The molecule has 0 heterocycles. The van der Waals surface area contributed by atoms with Crippen molar-refractivity contribution in [2.24, 2.45) is 0 Å². The molecule has 0 aliphatic rings. The second-order valence-electron chi connectivity index (χ2n) is 5.30. The van der Waals surface area contributed by atoms with E-state index < -0.39 is 0 Å². The van der Waals surface area contributed by atoms with Crippen LogP contribution >= 0.6 is 0 Å². The van der Waals surface area contributed by atoms with Gasteiger partial charge in [0.15, 0.2) is 0 Å². The number of nitrogens with zero attached hydrogens (tertiary/aromatic N) is 1. The highest BCUT2D eigenvalue weighted by Gasteiger charge is 2.24. The number of hydrogen-bond donors (Lipinski definition) is 0. The molecular formula is C17H27NO2. The minimum atomic E-state index is 0.179. The van der Waals surface area contributed by atoms with E-state index in [0.29, 0.717) is 6.42 Å². The number of amides is 1. The summed E-state index contributed by atoms with van der Waals surface area (Å²) in [6, 6.07) is 8.27. The zero-order chi connectivity index (χ0) is 15.1. The van der Waals surface area contributed by atoms with Crippen molar-refractivity contribution >= 4 is 5.91 Å². The quantitative estimate of drug-likeness (QED) is 0.761. The Bertz CT molecular complexity index is 421. The lowest BCUT2D eigenvalue weighted by atomic mass is 10.1. The predicted molar refractivity (Wildman–Crippen MR) is 83.1 cm³/mol. The average molecular weight is 277 g/mol. The Hall–Kier alpha value is -1.51. The Morgan fingerprint density at radius 1 is 1.15 bits per heavy atom. The Morgan fingerprint density at radius 2 is 1.70 bits per heavy atom. The molecule has 0 aliphatic heterocycles. The van der Waals surface area contributed by atoms with Gasteiger partial charge in [0.05, 0.1) is 13.5 Å². The topological polar surface area (TPSA) is 29.5 Å². The van der Waals surface area contributed by atoms with Crippen LogP contribution in [-0.2, 0) is 11.2 Å². The third-order valence-electron chi connectivity index (χ3n) is 3.95. The fraction of sp³-hybridized carbons (Fsp3) is 0.588.